The van der Waals surface area contributed by atoms with Crippen LogP contribution in [-0.4, -0.2) is 27.3 Å². The summed E-state index contributed by atoms with van der Waals surface area (Å²) in [6.07, 6.45) is 5.78. The van der Waals surface area contributed by atoms with E-state index in [1.165, 1.54) is 5.56 Å². The molecular formula is C19H21N3O. The highest BCUT2D eigenvalue weighted by Crippen LogP contribution is 2.09. The zero-order valence-electron chi connectivity index (χ0n) is 13.0. The van der Waals surface area contributed by atoms with Crippen LogP contribution in [0.5, 0.6) is 0 Å². The van der Waals surface area contributed by atoms with Crippen molar-refractivity contribution in [2.45, 2.75) is 19.1 Å². The molecule has 0 radical (unpaired) electrons. The molecule has 3 aromatic rings. The van der Waals surface area contributed by atoms with Crippen molar-refractivity contribution < 1.29 is 5.11 Å². The van der Waals surface area contributed by atoms with Crippen LogP contribution in [0.15, 0.2) is 73.3 Å². The number of nitrogens with zero attached hydrogens (tertiary/aromatic N) is 2. The van der Waals surface area contributed by atoms with E-state index >= 15 is 0 Å². The van der Waals surface area contributed by atoms with Crippen LogP contribution in [0.2, 0.25) is 0 Å². The number of benzene rings is 2. The first kappa shape index (κ1) is 15.5. The molecule has 1 heterocycles. The molecule has 0 amide bonds. The van der Waals surface area contributed by atoms with Crippen molar-refractivity contribution in [1.82, 2.24) is 14.9 Å². The van der Waals surface area contributed by atoms with Gasteiger partial charge in [-0.2, -0.15) is 0 Å². The van der Waals surface area contributed by atoms with Gasteiger partial charge in [-0.3, -0.25) is 0 Å². The minimum Gasteiger partial charge on any atom is -0.391 e. The first-order valence-electron chi connectivity index (χ1n) is 7.81. The molecule has 4 nitrogen and oxygen atoms in total. The van der Waals surface area contributed by atoms with Gasteiger partial charge in [0.15, 0.2) is 0 Å². The Labute approximate surface area is 136 Å². The van der Waals surface area contributed by atoms with E-state index in [1.54, 1.807) is 12.5 Å². The molecule has 0 bridgehead atoms. The summed E-state index contributed by atoms with van der Waals surface area (Å²) in [6.45, 7) is 1.33. The van der Waals surface area contributed by atoms with E-state index in [9.17, 15) is 5.11 Å². The smallest absolute Gasteiger partial charge is 0.0991 e. The fourth-order valence-corrected chi connectivity index (χ4v) is 2.54. The summed E-state index contributed by atoms with van der Waals surface area (Å²) >= 11 is 0. The number of aliphatic hydroxyl groups is 1. The summed E-state index contributed by atoms with van der Waals surface area (Å²) in [5.74, 6) is 0. The van der Waals surface area contributed by atoms with Crippen molar-refractivity contribution in [3.8, 4) is 5.69 Å². The van der Waals surface area contributed by atoms with E-state index in [2.05, 4.69) is 34.6 Å². The first-order valence-corrected chi connectivity index (χ1v) is 7.81. The number of nitrogens with one attached hydrogen (secondary N) is 1. The highest BCUT2D eigenvalue weighted by Gasteiger charge is 2.05. The number of aromatic nitrogens is 2. The van der Waals surface area contributed by atoms with Crippen molar-refractivity contribution in [3.05, 3.63) is 84.4 Å². The van der Waals surface area contributed by atoms with Gasteiger partial charge in [-0.1, -0.05) is 42.5 Å². The number of rotatable bonds is 7. The normalized spacial score (nSPS) is 12.2. The summed E-state index contributed by atoms with van der Waals surface area (Å²) in [6, 6.07) is 18.4. The molecule has 118 valence electrons. The molecule has 1 unspecified atom stereocenters. The van der Waals surface area contributed by atoms with Crippen molar-refractivity contribution in [1.29, 1.82) is 0 Å². The predicted molar refractivity (Wildman–Crippen MR) is 91.4 cm³/mol. The summed E-state index contributed by atoms with van der Waals surface area (Å²) in [4.78, 5) is 4.05. The lowest BCUT2D eigenvalue weighted by molar-refractivity contribution is 0.171. The maximum Gasteiger partial charge on any atom is 0.0991 e. The van der Waals surface area contributed by atoms with Gasteiger partial charge in [0.05, 0.1) is 12.4 Å². The maximum atomic E-state index is 10.1. The quantitative estimate of drug-likeness (QED) is 0.705. The molecule has 4 heteroatoms. The van der Waals surface area contributed by atoms with Crippen LogP contribution in [0.3, 0.4) is 0 Å². The number of aliphatic hydroxyl groups excluding tert-OH is 1. The number of imidazole rings is 1. The van der Waals surface area contributed by atoms with Crippen LogP contribution < -0.4 is 5.32 Å². The van der Waals surface area contributed by atoms with Crippen molar-refractivity contribution >= 4 is 0 Å². The Kier molecular flexibility index (Phi) is 5.19. The summed E-state index contributed by atoms with van der Waals surface area (Å²) < 4.78 is 1.97. The van der Waals surface area contributed by atoms with Crippen LogP contribution in [0.1, 0.15) is 11.1 Å². The first-order chi connectivity index (χ1) is 11.3. The molecule has 1 aromatic heterocycles. The molecule has 23 heavy (non-hydrogen) atoms. The molecule has 0 saturated heterocycles. The molecule has 0 fully saturated rings. The second-order valence-corrected chi connectivity index (χ2v) is 5.61. The number of hydrogen-bond acceptors (Lipinski definition) is 3. The molecule has 1 atom stereocenters. The van der Waals surface area contributed by atoms with Gasteiger partial charge in [0.2, 0.25) is 0 Å². The third-order valence-corrected chi connectivity index (χ3v) is 3.76. The molecule has 0 aliphatic rings. The molecule has 0 aliphatic heterocycles. The van der Waals surface area contributed by atoms with Crippen molar-refractivity contribution in [3.63, 3.8) is 0 Å². The third kappa shape index (κ3) is 4.52. The Hall–Kier alpha value is -2.43. The maximum absolute atomic E-state index is 10.1. The Morgan fingerprint density at radius 2 is 1.78 bits per heavy atom. The lowest BCUT2D eigenvalue weighted by atomic mass is 10.1. The van der Waals surface area contributed by atoms with E-state index in [4.69, 9.17) is 0 Å². The molecule has 0 saturated carbocycles. The van der Waals surface area contributed by atoms with Crippen LogP contribution >= 0.6 is 0 Å². The second kappa shape index (κ2) is 7.72. The molecular weight excluding hydrogens is 286 g/mol. The van der Waals surface area contributed by atoms with Crippen LogP contribution in [0, 0.1) is 0 Å². The molecule has 2 N–H and O–H groups in total. The molecule has 3 rings (SSSR count). The van der Waals surface area contributed by atoms with E-state index in [1.807, 2.05) is 41.1 Å². The Balaban J connectivity index is 1.45. The fourth-order valence-electron chi connectivity index (χ4n) is 2.54. The average molecular weight is 307 g/mol. The Morgan fingerprint density at radius 3 is 2.48 bits per heavy atom. The van der Waals surface area contributed by atoms with Gasteiger partial charge < -0.3 is 15.0 Å². The summed E-state index contributed by atoms with van der Waals surface area (Å²) in [5, 5.41) is 13.4. The summed E-state index contributed by atoms with van der Waals surface area (Å²) in [7, 11) is 0. The van der Waals surface area contributed by atoms with Gasteiger partial charge in [-0.05, 0) is 29.7 Å². The molecule has 2 aromatic carbocycles. The fraction of sp³-hybridized carbons (Fsp3) is 0.211. The highest BCUT2D eigenvalue weighted by molar-refractivity contribution is 5.34. The predicted octanol–water partition coefficient (Wildman–Crippen LogP) is 2.57. The highest BCUT2D eigenvalue weighted by atomic mass is 16.3. The van der Waals surface area contributed by atoms with Crippen LogP contribution in [-0.2, 0) is 13.0 Å². The van der Waals surface area contributed by atoms with Gasteiger partial charge in [0, 0.05) is 31.2 Å². The Bertz CT molecular complexity index is 693. The molecule has 0 spiro atoms. The average Bonchev–Trinajstić information content (AvgIpc) is 3.11. The lowest BCUT2D eigenvalue weighted by Gasteiger charge is -2.12. The van der Waals surface area contributed by atoms with E-state index < -0.39 is 0 Å². The topological polar surface area (TPSA) is 50.1 Å². The molecule has 0 aliphatic carbocycles. The SMILES string of the molecule is OC(CNCc1ccc(-n2ccnc2)cc1)Cc1ccccc1. The van der Waals surface area contributed by atoms with Gasteiger partial charge in [0.1, 0.15) is 0 Å². The lowest BCUT2D eigenvalue weighted by Crippen LogP contribution is -2.28. The van der Waals surface area contributed by atoms with Gasteiger partial charge in [0.25, 0.3) is 0 Å². The van der Waals surface area contributed by atoms with Gasteiger partial charge >= 0.3 is 0 Å². The van der Waals surface area contributed by atoms with Gasteiger partial charge in [-0.25, -0.2) is 4.98 Å². The largest absolute Gasteiger partial charge is 0.391 e. The zero-order chi connectivity index (χ0) is 15.9. The minimum atomic E-state index is -0.373. The van der Waals surface area contributed by atoms with Gasteiger partial charge in [-0.15, -0.1) is 0 Å². The Morgan fingerprint density at radius 1 is 1.00 bits per heavy atom. The van der Waals surface area contributed by atoms with Crippen LogP contribution in [0.25, 0.3) is 5.69 Å². The van der Waals surface area contributed by atoms with Crippen LogP contribution in [0.4, 0.5) is 0 Å². The second-order valence-electron chi connectivity index (χ2n) is 5.61. The minimum absolute atomic E-state index is 0.373. The van der Waals surface area contributed by atoms with E-state index in [-0.39, 0.29) is 6.10 Å². The van der Waals surface area contributed by atoms with Crippen molar-refractivity contribution in [2.75, 3.05) is 6.54 Å². The third-order valence-electron chi connectivity index (χ3n) is 3.76. The van der Waals surface area contributed by atoms with E-state index in [0.717, 1.165) is 17.8 Å². The zero-order valence-corrected chi connectivity index (χ0v) is 13.0. The monoisotopic (exact) mass is 307 g/mol. The standard InChI is InChI=1S/C19H21N3O/c23-19(12-16-4-2-1-3-5-16)14-21-13-17-6-8-18(9-7-17)22-11-10-20-15-22/h1-11,15,19,21,23H,12-14H2. The van der Waals surface area contributed by atoms with E-state index in [0.29, 0.717) is 13.0 Å². The number of hydrogen-bond donors (Lipinski definition) is 2. The van der Waals surface area contributed by atoms with Crippen molar-refractivity contribution in [2.24, 2.45) is 0 Å². The summed E-state index contributed by atoms with van der Waals surface area (Å²) in [5.41, 5.74) is 3.45.